The summed E-state index contributed by atoms with van der Waals surface area (Å²) in [5.41, 5.74) is -0.0742. The summed E-state index contributed by atoms with van der Waals surface area (Å²) < 4.78 is 19.2. The highest BCUT2D eigenvalue weighted by atomic mass is 19.1. The molecule has 2 saturated heterocycles. The lowest BCUT2D eigenvalue weighted by Crippen LogP contribution is -2.48. The van der Waals surface area contributed by atoms with Gasteiger partial charge in [-0.3, -0.25) is 4.90 Å². The standard InChI is InChI=1S/C14H17FN2O2/c15-11-4-1-2-5-12(11)17-13(18)19-10-14(17)6-3-8-16-9-7-14/h1-2,4-5,16H,3,6-10H2. The quantitative estimate of drug-likeness (QED) is 0.846. The van der Waals surface area contributed by atoms with Gasteiger partial charge in [-0.2, -0.15) is 0 Å². The van der Waals surface area contributed by atoms with Gasteiger partial charge >= 0.3 is 6.09 Å². The molecule has 1 amide bonds. The fourth-order valence-corrected chi connectivity index (χ4v) is 2.99. The van der Waals surface area contributed by atoms with Crippen molar-refractivity contribution in [3.8, 4) is 0 Å². The summed E-state index contributed by atoms with van der Waals surface area (Å²) in [5, 5.41) is 3.31. The van der Waals surface area contributed by atoms with Crippen molar-refractivity contribution in [3.05, 3.63) is 30.1 Å². The van der Waals surface area contributed by atoms with E-state index in [1.54, 1.807) is 18.2 Å². The van der Waals surface area contributed by atoms with Crippen LogP contribution in [0.2, 0.25) is 0 Å². The van der Waals surface area contributed by atoms with Crippen LogP contribution in [-0.4, -0.2) is 31.3 Å². The van der Waals surface area contributed by atoms with Crippen LogP contribution in [0.25, 0.3) is 0 Å². The number of para-hydroxylation sites is 1. The lowest BCUT2D eigenvalue weighted by Gasteiger charge is -2.34. The Morgan fingerprint density at radius 2 is 2.11 bits per heavy atom. The van der Waals surface area contributed by atoms with Gasteiger partial charge in [-0.1, -0.05) is 12.1 Å². The highest BCUT2D eigenvalue weighted by Gasteiger charge is 2.48. The van der Waals surface area contributed by atoms with Crippen LogP contribution in [0.5, 0.6) is 0 Å². The topological polar surface area (TPSA) is 41.6 Å². The van der Waals surface area contributed by atoms with Crippen LogP contribution >= 0.6 is 0 Å². The van der Waals surface area contributed by atoms with Gasteiger partial charge in [-0.15, -0.1) is 0 Å². The summed E-state index contributed by atoms with van der Waals surface area (Å²) in [6.07, 6.45) is 2.14. The first-order valence-electron chi connectivity index (χ1n) is 6.65. The minimum Gasteiger partial charge on any atom is -0.447 e. The summed E-state index contributed by atoms with van der Waals surface area (Å²) in [5.74, 6) is -0.377. The number of carbonyl (C=O) groups is 1. The van der Waals surface area contributed by atoms with Crippen LogP contribution in [0.15, 0.2) is 24.3 Å². The Kier molecular flexibility index (Phi) is 3.14. The molecule has 0 aromatic heterocycles. The van der Waals surface area contributed by atoms with E-state index < -0.39 is 11.6 Å². The van der Waals surface area contributed by atoms with Gasteiger partial charge < -0.3 is 10.1 Å². The van der Waals surface area contributed by atoms with Crippen LogP contribution in [0, 0.1) is 5.82 Å². The van der Waals surface area contributed by atoms with Gasteiger partial charge in [0.2, 0.25) is 0 Å². The molecule has 0 aliphatic carbocycles. The Bertz CT molecular complexity index is 484. The summed E-state index contributed by atoms with van der Waals surface area (Å²) in [6.45, 7) is 2.10. The van der Waals surface area contributed by atoms with Crippen molar-refractivity contribution in [1.82, 2.24) is 5.32 Å². The molecule has 1 N–H and O–H groups in total. The first-order valence-corrected chi connectivity index (χ1v) is 6.65. The fourth-order valence-electron chi connectivity index (χ4n) is 2.99. The summed E-state index contributed by atoms with van der Waals surface area (Å²) >= 11 is 0. The zero-order chi connectivity index (χ0) is 13.3. The molecule has 2 fully saturated rings. The molecule has 19 heavy (non-hydrogen) atoms. The Labute approximate surface area is 111 Å². The maximum atomic E-state index is 14.0. The van der Waals surface area contributed by atoms with Gasteiger partial charge in [0, 0.05) is 0 Å². The van der Waals surface area contributed by atoms with Crippen molar-refractivity contribution >= 4 is 11.8 Å². The normalized spacial score (nSPS) is 27.4. The molecule has 1 atom stereocenters. The number of cyclic esters (lactones) is 1. The van der Waals surface area contributed by atoms with Gasteiger partial charge in [0.25, 0.3) is 0 Å². The largest absolute Gasteiger partial charge is 0.447 e. The second-order valence-corrected chi connectivity index (χ2v) is 5.17. The molecule has 1 aromatic carbocycles. The third kappa shape index (κ3) is 2.08. The van der Waals surface area contributed by atoms with E-state index >= 15 is 0 Å². The van der Waals surface area contributed by atoms with Gasteiger partial charge in [0.1, 0.15) is 12.4 Å². The van der Waals surface area contributed by atoms with Crippen LogP contribution in [0.4, 0.5) is 14.9 Å². The molecule has 2 aliphatic heterocycles. The average molecular weight is 264 g/mol. The van der Waals surface area contributed by atoms with E-state index in [9.17, 15) is 9.18 Å². The summed E-state index contributed by atoms with van der Waals surface area (Å²) in [6, 6.07) is 6.39. The number of halogens is 1. The maximum absolute atomic E-state index is 14.0. The molecule has 4 nitrogen and oxygen atoms in total. The van der Waals surface area contributed by atoms with Crippen molar-refractivity contribution in [2.75, 3.05) is 24.6 Å². The molecule has 102 valence electrons. The Balaban J connectivity index is 2.00. The Hall–Kier alpha value is -1.62. The molecule has 0 saturated carbocycles. The van der Waals surface area contributed by atoms with E-state index in [4.69, 9.17) is 4.74 Å². The zero-order valence-corrected chi connectivity index (χ0v) is 10.7. The Morgan fingerprint density at radius 3 is 2.95 bits per heavy atom. The molecule has 2 heterocycles. The number of rotatable bonds is 1. The monoisotopic (exact) mass is 264 g/mol. The SMILES string of the molecule is O=C1OCC2(CCCNCC2)N1c1ccccc1F. The number of ether oxygens (including phenoxy) is 1. The van der Waals surface area contributed by atoms with Gasteiger partial charge in [0.15, 0.2) is 0 Å². The van der Waals surface area contributed by atoms with Gasteiger partial charge in [-0.25, -0.2) is 9.18 Å². The van der Waals surface area contributed by atoms with Crippen molar-refractivity contribution in [3.63, 3.8) is 0 Å². The molecule has 2 aliphatic rings. The van der Waals surface area contributed by atoms with Crippen molar-refractivity contribution in [1.29, 1.82) is 0 Å². The molecule has 3 rings (SSSR count). The number of anilines is 1. The number of benzene rings is 1. The molecule has 5 heteroatoms. The molecule has 1 aromatic rings. The second-order valence-electron chi connectivity index (χ2n) is 5.17. The van der Waals surface area contributed by atoms with Crippen molar-refractivity contribution in [2.45, 2.75) is 24.8 Å². The zero-order valence-electron chi connectivity index (χ0n) is 10.7. The van der Waals surface area contributed by atoms with E-state index in [2.05, 4.69) is 5.32 Å². The highest BCUT2D eigenvalue weighted by Crippen LogP contribution is 2.38. The predicted octanol–water partition coefficient (Wildman–Crippen LogP) is 2.29. The van der Waals surface area contributed by atoms with Crippen LogP contribution in [0.1, 0.15) is 19.3 Å². The molecule has 0 bridgehead atoms. The number of carbonyl (C=O) groups excluding carboxylic acids is 1. The minimum absolute atomic E-state index is 0.326. The van der Waals surface area contributed by atoms with E-state index in [0.29, 0.717) is 12.3 Å². The smallest absolute Gasteiger partial charge is 0.415 e. The fraction of sp³-hybridized carbons (Fsp3) is 0.500. The number of nitrogens with one attached hydrogen (secondary N) is 1. The molecule has 1 spiro atoms. The molecular weight excluding hydrogens is 247 g/mol. The van der Waals surface area contributed by atoms with Crippen LogP contribution in [0.3, 0.4) is 0 Å². The number of hydrogen-bond acceptors (Lipinski definition) is 3. The number of hydrogen-bond donors (Lipinski definition) is 1. The lowest BCUT2D eigenvalue weighted by molar-refractivity contribution is 0.170. The first-order chi connectivity index (χ1) is 9.23. The van der Waals surface area contributed by atoms with E-state index in [1.807, 2.05) is 0 Å². The number of amides is 1. The summed E-state index contributed by atoms with van der Waals surface area (Å²) in [4.78, 5) is 13.6. The predicted molar refractivity (Wildman–Crippen MR) is 69.7 cm³/mol. The number of nitrogens with zero attached hydrogens (tertiary/aromatic N) is 1. The van der Waals surface area contributed by atoms with E-state index in [-0.39, 0.29) is 5.82 Å². The van der Waals surface area contributed by atoms with Crippen molar-refractivity contribution in [2.24, 2.45) is 0 Å². The minimum atomic E-state index is -0.438. The van der Waals surface area contributed by atoms with E-state index in [0.717, 1.165) is 32.4 Å². The first kappa shape index (κ1) is 12.4. The molecule has 1 unspecified atom stereocenters. The maximum Gasteiger partial charge on any atom is 0.415 e. The van der Waals surface area contributed by atoms with Crippen LogP contribution < -0.4 is 10.2 Å². The third-order valence-corrected chi connectivity index (χ3v) is 3.98. The van der Waals surface area contributed by atoms with Gasteiger partial charge in [0.05, 0.1) is 11.2 Å². The third-order valence-electron chi connectivity index (χ3n) is 3.98. The van der Waals surface area contributed by atoms with Gasteiger partial charge in [-0.05, 0) is 44.5 Å². The molecular formula is C14H17FN2O2. The molecule has 0 radical (unpaired) electrons. The van der Waals surface area contributed by atoms with Crippen LogP contribution in [-0.2, 0) is 4.74 Å². The van der Waals surface area contributed by atoms with E-state index in [1.165, 1.54) is 11.0 Å². The second kappa shape index (κ2) is 4.81. The Morgan fingerprint density at radius 1 is 1.26 bits per heavy atom. The summed E-state index contributed by atoms with van der Waals surface area (Å²) in [7, 11) is 0. The average Bonchev–Trinajstić information content (AvgIpc) is 2.60. The van der Waals surface area contributed by atoms with Crippen molar-refractivity contribution < 1.29 is 13.9 Å². The lowest BCUT2D eigenvalue weighted by atomic mass is 9.90. The highest BCUT2D eigenvalue weighted by molar-refractivity contribution is 5.91.